The summed E-state index contributed by atoms with van der Waals surface area (Å²) < 4.78 is 34.2. The van der Waals surface area contributed by atoms with Gasteiger partial charge in [0.05, 0.1) is 16.9 Å². The van der Waals surface area contributed by atoms with Crippen molar-refractivity contribution < 1.29 is 23.1 Å². The number of nitrogens with zero attached hydrogens (tertiary/aromatic N) is 2. The maximum absolute atomic E-state index is 13.6. The highest BCUT2D eigenvalue weighted by Crippen LogP contribution is 2.14. The molecule has 0 spiro atoms. The smallest absolute Gasteiger partial charge is 0.341 e. The molecule has 0 saturated heterocycles. The van der Waals surface area contributed by atoms with Gasteiger partial charge in [0.2, 0.25) is 0 Å². The first-order valence-electron chi connectivity index (χ1n) is 8.55. The molecule has 2 aromatic carbocycles. The van der Waals surface area contributed by atoms with Gasteiger partial charge in [-0.2, -0.15) is 0 Å². The largest absolute Gasteiger partial charge is 0.452 e. The molecule has 3 rings (SSSR count). The molecule has 0 fully saturated rings. The molecular formula is C20H17F2N3O4. The number of anilines is 1. The zero-order valence-electron chi connectivity index (χ0n) is 15.6. The predicted octanol–water partition coefficient (Wildman–Crippen LogP) is 2.56. The second-order valence-corrected chi connectivity index (χ2v) is 6.18. The van der Waals surface area contributed by atoms with E-state index in [4.69, 9.17) is 4.74 Å². The molecule has 1 aromatic heterocycles. The number of carbonyl (C=O) groups excluding carboxylic acids is 2. The zero-order chi connectivity index (χ0) is 21.1. The van der Waals surface area contributed by atoms with E-state index in [2.05, 4.69) is 5.32 Å². The molecule has 0 unspecified atom stereocenters. The average Bonchev–Trinajstić information content (AvgIpc) is 2.90. The van der Waals surface area contributed by atoms with Crippen molar-refractivity contribution >= 4 is 17.6 Å². The second kappa shape index (κ2) is 8.09. The Balaban J connectivity index is 1.73. The molecule has 0 aliphatic rings. The number of nitrogens with one attached hydrogen (secondary N) is 1. The van der Waals surface area contributed by atoms with Crippen molar-refractivity contribution in [2.24, 2.45) is 7.05 Å². The Hall–Kier alpha value is -3.75. The van der Waals surface area contributed by atoms with E-state index in [9.17, 15) is 23.2 Å². The van der Waals surface area contributed by atoms with Gasteiger partial charge < -0.3 is 10.1 Å². The number of hydrogen-bond acceptors (Lipinski definition) is 4. The molecule has 0 radical (unpaired) electrons. The fraction of sp³-hybridized carbons (Fsp3) is 0.150. The minimum absolute atomic E-state index is 0.0327. The number of aromatic nitrogens is 2. The molecule has 3 aromatic rings. The normalized spacial score (nSPS) is 10.6. The van der Waals surface area contributed by atoms with Crippen molar-refractivity contribution in [1.29, 1.82) is 0 Å². The summed E-state index contributed by atoms with van der Waals surface area (Å²) in [6.45, 7) is 0.908. The molecule has 0 bridgehead atoms. The Bertz CT molecular complexity index is 1140. The number of para-hydroxylation sites is 1. The lowest BCUT2D eigenvalue weighted by Crippen LogP contribution is -2.26. The van der Waals surface area contributed by atoms with Crippen LogP contribution in [0.15, 0.2) is 53.3 Å². The Morgan fingerprint density at radius 3 is 2.45 bits per heavy atom. The predicted molar refractivity (Wildman–Crippen MR) is 101 cm³/mol. The summed E-state index contributed by atoms with van der Waals surface area (Å²) in [6, 6.07) is 11.2. The minimum atomic E-state index is -1.12. The molecular weight excluding hydrogens is 384 g/mol. The van der Waals surface area contributed by atoms with E-state index in [1.807, 2.05) is 6.07 Å². The Kier molecular flexibility index (Phi) is 5.58. The van der Waals surface area contributed by atoms with Crippen LogP contribution in [0.25, 0.3) is 5.69 Å². The molecule has 1 N–H and O–H groups in total. The maximum Gasteiger partial charge on any atom is 0.341 e. The van der Waals surface area contributed by atoms with Crippen molar-refractivity contribution in [3.63, 3.8) is 0 Å². The summed E-state index contributed by atoms with van der Waals surface area (Å²) in [5.74, 6) is -3.83. The van der Waals surface area contributed by atoms with E-state index in [1.165, 1.54) is 4.68 Å². The van der Waals surface area contributed by atoms with Crippen molar-refractivity contribution in [2.45, 2.75) is 6.92 Å². The topological polar surface area (TPSA) is 82.3 Å². The van der Waals surface area contributed by atoms with Crippen molar-refractivity contribution in [3.8, 4) is 5.69 Å². The highest BCUT2D eigenvalue weighted by Gasteiger charge is 2.20. The number of ether oxygens (including phenoxy) is 1. The first-order chi connectivity index (χ1) is 13.8. The summed E-state index contributed by atoms with van der Waals surface area (Å²) in [7, 11) is 1.66. The van der Waals surface area contributed by atoms with Gasteiger partial charge in [0.15, 0.2) is 6.61 Å². The lowest BCUT2D eigenvalue weighted by Gasteiger charge is -2.07. The van der Waals surface area contributed by atoms with Crippen LogP contribution in [0.5, 0.6) is 0 Å². The van der Waals surface area contributed by atoms with E-state index in [-0.39, 0.29) is 5.69 Å². The maximum atomic E-state index is 13.6. The molecule has 0 aliphatic heterocycles. The number of halogens is 2. The van der Waals surface area contributed by atoms with Gasteiger partial charge in [-0.15, -0.1) is 0 Å². The number of amides is 1. The molecule has 1 amide bonds. The SMILES string of the molecule is Cc1c(NC(=O)COC(=O)c2ccc(F)cc2F)c(=O)n(-c2ccccc2)n1C. The molecule has 7 nitrogen and oxygen atoms in total. The minimum Gasteiger partial charge on any atom is -0.452 e. The van der Waals surface area contributed by atoms with Crippen molar-refractivity contribution in [2.75, 3.05) is 11.9 Å². The molecule has 9 heteroatoms. The average molecular weight is 401 g/mol. The van der Waals surface area contributed by atoms with Gasteiger partial charge in [-0.25, -0.2) is 18.3 Å². The number of benzene rings is 2. The number of esters is 1. The van der Waals surface area contributed by atoms with Gasteiger partial charge in [-0.1, -0.05) is 18.2 Å². The van der Waals surface area contributed by atoms with E-state index < -0.39 is 41.2 Å². The van der Waals surface area contributed by atoms with Gasteiger partial charge in [-0.3, -0.25) is 14.3 Å². The third kappa shape index (κ3) is 4.08. The summed E-state index contributed by atoms with van der Waals surface area (Å²) in [6.07, 6.45) is 0. The van der Waals surface area contributed by atoms with Crippen LogP contribution in [-0.2, 0) is 16.6 Å². The van der Waals surface area contributed by atoms with E-state index >= 15 is 0 Å². The van der Waals surface area contributed by atoms with Crippen LogP contribution in [-0.4, -0.2) is 27.8 Å². The number of carbonyl (C=O) groups is 2. The Morgan fingerprint density at radius 1 is 1.10 bits per heavy atom. The summed E-state index contributed by atoms with van der Waals surface area (Å²) in [4.78, 5) is 36.7. The number of hydrogen-bond donors (Lipinski definition) is 1. The van der Waals surface area contributed by atoms with Gasteiger partial charge in [0.25, 0.3) is 11.5 Å². The lowest BCUT2D eigenvalue weighted by atomic mass is 10.2. The van der Waals surface area contributed by atoms with Gasteiger partial charge in [-0.05, 0) is 31.2 Å². The van der Waals surface area contributed by atoms with Crippen LogP contribution in [0.1, 0.15) is 16.1 Å². The zero-order valence-corrected chi connectivity index (χ0v) is 15.6. The molecule has 150 valence electrons. The molecule has 0 saturated carbocycles. The lowest BCUT2D eigenvalue weighted by molar-refractivity contribution is -0.119. The first-order valence-corrected chi connectivity index (χ1v) is 8.55. The third-order valence-electron chi connectivity index (χ3n) is 4.30. The van der Waals surface area contributed by atoms with Crippen LogP contribution < -0.4 is 10.9 Å². The summed E-state index contributed by atoms with van der Waals surface area (Å²) >= 11 is 0. The highest BCUT2D eigenvalue weighted by molar-refractivity contribution is 5.95. The summed E-state index contributed by atoms with van der Waals surface area (Å²) in [5.41, 5.74) is 0.178. The molecule has 1 heterocycles. The summed E-state index contributed by atoms with van der Waals surface area (Å²) in [5, 5.41) is 2.42. The van der Waals surface area contributed by atoms with Gasteiger partial charge >= 0.3 is 5.97 Å². The van der Waals surface area contributed by atoms with E-state index in [0.29, 0.717) is 17.4 Å². The molecule has 0 atom stereocenters. The van der Waals surface area contributed by atoms with Crippen LogP contribution in [0, 0.1) is 18.6 Å². The number of rotatable bonds is 5. The fourth-order valence-corrected chi connectivity index (χ4v) is 2.75. The van der Waals surface area contributed by atoms with Crippen LogP contribution >= 0.6 is 0 Å². The van der Waals surface area contributed by atoms with Crippen molar-refractivity contribution in [3.05, 3.63) is 81.8 Å². The highest BCUT2D eigenvalue weighted by atomic mass is 19.1. The monoisotopic (exact) mass is 401 g/mol. The van der Waals surface area contributed by atoms with Gasteiger partial charge in [0, 0.05) is 13.1 Å². The van der Waals surface area contributed by atoms with Crippen LogP contribution in [0.2, 0.25) is 0 Å². The third-order valence-corrected chi connectivity index (χ3v) is 4.30. The molecule has 0 aliphatic carbocycles. The quantitative estimate of drug-likeness (QED) is 0.667. The van der Waals surface area contributed by atoms with Gasteiger partial charge in [0.1, 0.15) is 17.3 Å². The Labute approximate surface area is 164 Å². The van der Waals surface area contributed by atoms with Crippen molar-refractivity contribution in [1.82, 2.24) is 9.36 Å². The second-order valence-electron chi connectivity index (χ2n) is 6.18. The first kappa shape index (κ1) is 20.0. The van der Waals surface area contributed by atoms with E-state index in [0.717, 1.165) is 12.1 Å². The fourth-order valence-electron chi connectivity index (χ4n) is 2.75. The molecule has 29 heavy (non-hydrogen) atoms. The Morgan fingerprint density at radius 2 is 1.79 bits per heavy atom. The van der Waals surface area contributed by atoms with Crippen LogP contribution in [0.4, 0.5) is 14.5 Å². The standard InChI is InChI=1S/C20H17F2N3O4/c1-12-18(19(27)25(24(12)2)14-6-4-3-5-7-14)23-17(26)11-29-20(28)15-9-8-13(21)10-16(15)22/h3-10H,11H2,1-2H3,(H,23,26). The van der Waals surface area contributed by atoms with Crippen LogP contribution in [0.3, 0.4) is 0 Å². The van der Waals surface area contributed by atoms with E-state index in [1.54, 1.807) is 42.9 Å².